The average Bonchev–Trinajstić information content (AvgIpc) is 3.23. The molecule has 1 fully saturated rings. The number of fused-ring (bicyclic) bond motifs is 1. The first-order chi connectivity index (χ1) is 14.8. The summed E-state index contributed by atoms with van der Waals surface area (Å²) in [5.74, 6) is 0.692. The predicted octanol–water partition coefficient (Wildman–Crippen LogP) is 2.68. The Kier molecular flexibility index (Phi) is 5.75. The van der Waals surface area contributed by atoms with Crippen molar-refractivity contribution in [3.63, 3.8) is 0 Å². The van der Waals surface area contributed by atoms with Crippen LogP contribution < -0.4 is 9.64 Å². The van der Waals surface area contributed by atoms with Crippen molar-refractivity contribution in [3.8, 4) is 5.75 Å². The topological polar surface area (TPSA) is 79.1 Å². The lowest BCUT2D eigenvalue weighted by Crippen LogP contribution is -2.48. The van der Waals surface area contributed by atoms with Gasteiger partial charge in [-0.25, -0.2) is 4.98 Å². The van der Waals surface area contributed by atoms with E-state index < -0.39 is 0 Å². The van der Waals surface area contributed by atoms with E-state index in [-0.39, 0.29) is 36.1 Å². The highest BCUT2D eigenvalue weighted by atomic mass is 16.5. The number of amides is 2. The lowest BCUT2D eigenvalue weighted by molar-refractivity contribution is -0.121. The van der Waals surface area contributed by atoms with Crippen LogP contribution >= 0.6 is 0 Å². The maximum absolute atomic E-state index is 12.8. The van der Waals surface area contributed by atoms with Crippen LogP contribution in [0.5, 0.6) is 5.75 Å². The molecule has 0 unspecified atom stereocenters. The molecule has 4 rings (SSSR count). The number of likely N-dealkylation sites (N-methyl/N-ethyl adjacent to an activating group) is 1. The Morgan fingerprint density at radius 1 is 1.16 bits per heavy atom. The summed E-state index contributed by atoms with van der Waals surface area (Å²) in [6.07, 6.45) is 1.39. The van der Waals surface area contributed by atoms with Gasteiger partial charge in [0.25, 0.3) is 11.8 Å². The lowest BCUT2D eigenvalue weighted by Gasteiger charge is -2.33. The minimum absolute atomic E-state index is 0.0317. The molecule has 166 valence electrons. The Morgan fingerprint density at radius 2 is 1.90 bits per heavy atom. The Labute approximate surface area is 182 Å². The number of anilines is 1. The van der Waals surface area contributed by atoms with Gasteiger partial charge in [-0.15, -0.1) is 0 Å². The van der Waals surface area contributed by atoms with Gasteiger partial charge in [-0.05, 0) is 29.7 Å². The van der Waals surface area contributed by atoms with Crippen molar-refractivity contribution < 1.29 is 18.7 Å². The number of hydrogen-bond donors (Lipinski definition) is 0. The largest absolute Gasteiger partial charge is 0.482 e. The summed E-state index contributed by atoms with van der Waals surface area (Å²) in [7, 11) is 0. The quantitative estimate of drug-likeness (QED) is 0.748. The number of carbonyl (C=O) groups is 2. The van der Waals surface area contributed by atoms with Crippen LogP contribution in [0.25, 0.3) is 0 Å². The first-order valence-corrected chi connectivity index (χ1v) is 10.8. The normalized spacial score (nSPS) is 17.5. The first kappa shape index (κ1) is 21.4. The van der Waals surface area contributed by atoms with Crippen molar-refractivity contribution in [2.45, 2.75) is 39.7 Å². The Hall–Kier alpha value is -2.87. The molecular formula is C23H30N4O4. The van der Waals surface area contributed by atoms with Gasteiger partial charge >= 0.3 is 0 Å². The highest BCUT2D eigenvalue weighted by Gasteiger charge is 2.30. The third-order valence-electron chi connectivity index (χ3n) is 5.94. The fourth-order valence-corrected chi connectivity index (χ4v) is 3.89. The van der Waals surface area contributed by atoms with Crippen molar-refractivity contribution in [2.24, 2.45) is 0 Å². The number of nitrogens with zero attached hydrogens (tertiary/aromatic N) is 4. The van der Waals surface area contributed by atoms with Gasteiger partial charge in [0.15, 0.2) is 12.3 Å². The van der Waals surface area contributed by atoms with Gasteiger partial charge in [0, 0.05) is 26.2 Å². The number of benzene rings is 1. The zero-order valence-corrected chi connectivity index (χ0v) is 18.7. The van der Waals surface area contributed by atoms with Crippen molar-refractivity contribution >= 4 is 17.5 Å². The number of carbonyl (C=O) groups excluding carboxylic acids is 2. The third kappa shape index (κ3) is 4.44. The summed E-state index contributed by atoms with van der Waals surface area (Å²) in [6.45, 7) is 12.7. The van der Waals surface area contributed by atoms with E-state index in [1.807, 2.05) is 18.2 Å². The highest BCUT2D eigenvalue weighted by Crippen LogP contribution is 2.37. The molecule has 0 saturated carbocycles. The maximum Gasteiger partial charge on any atom is 0.275 e. The first-order valence-electron chi connectivity index (χ1n) is 10.8. The molecule has 31 heavy (non-hydrogen) atoms. The lowest BCUT2D eigenvalue weighted by atomic mass is 9.86. The molecule has 3 heterocycles. The van der Waals surface area contributed by atoms with E-state index in [1.54, 1.807) is 9.80 Å². The van der Waals surface area contributed by atoms with Gasteiger partial charge in [-0.1, -0.05) is 33.8 Å². The molecule has 2 aromatic rings. The summed E-state index contributed by atoms with van der Waals surface area (Å²) in [6, 6.07) is 5.90. The molecule has 0 aliphatic carbocycles. The number of oxazole rings is 1. The molecule has 0 atom stereocenters. The molecule has 0 spiro atoms. The molecule has 8 nitrogen and oxygen atoms in total. The summed E-state index contributed by atoms with van der Waals surface area (Å²) < 4.78 is 11.2. The fraction of sp³-hybridized carbons (Fsp3) is 0.522. The Morgan fingerprint density at radius 3 is 2.58 bits per heavy atom. The fourth-order valence-electron chi connectivity index (χ4n) is 3.89. The van der Waals surface area contributed by atoms with Gasteiger partial charge in [0.2, 0.25) is 5.89 Å². The average molecular weight is 427 g/mol. The number of aromatic nitrogens is 1. The van der Waals surface area contributed by atoms with E-state index in [4.69, 9.17) is 9.15 Å². The van der Waals surface area contributed by atoms with Crippen molar-refractivity contribution in [1.29, 1.82) is 0 Å². The number of rotatable bonds is 4. The van der Waals surface area contributed by atoms with Gasteiger partial charge in [0.1, 0.15) is 18.6 Å². The number of piperazine rings is 1. The SMILES string of the molecule is CCN1CCN(C(=O)c2coc(CN3C(=O)COc4ccc(C(C)(C)C)cc43)n2)CC1. The summed E-state index contributed by atoms with van der Waals surface area (Å²) in [5, 5.41) is 0. The van der Waals surface area contributed by atoms with Crippen LogP contribution in [-0.4, -0.2) is 65.9 Å². The van der Waals surface area contributed by atoms with Gasteiger partial charge in [-0.3, -0.25) is 14.5 Å². The van der Waals surface area contributed by atoms with Crippen LogP contribution in [0.3, 0.4) is 0 Å². The standard InChI is InChI=1S/C23H30N4O4/c1-5-25-8-10-26(11-9-25)22(29)17-14-31-20(24-17)13-27-18-12-16(23(2,3)4)6-7-19(18)30-15-21(27)28/h6-7,12,14H,5,8-11,13,15H2,1-4H3. The van der Waals surface area contributed by atoms with E-state index in [2.05, 4.69) is 37.6 Å². The predicted molar refractivity (Wildman–Crippen MR) is 116 cm³/mol. The zero-order chi connectivity index (χ0) is 22.2. The second kappa shape index (κ2) is 8.34. The molecule has 1 aromatic heterocycles. The van der Waals surface area contributed by atoms with Gasteiger partial charge in [-0.2, -0.15) is 0 Å². The maximum atomic E-state index is 12.8. The van der Waals surface area contributed by atoms with E-state index in [1.165, 1.54) is 6.26 Å². The van der Waals surface area contributed by atoms with E-state index in [0.29, 0.717) is 30.4 Å². The summed E-state index contributed by atoms with van der Waals surface area (Å²) >= 11 is 0. The van der Waals surface area contributed by atoms with E-state index in [0.717, 1.165) is 25.2 Å². The third-order valence-corrected chi connectivity index (χ3v) is 5.94. The molecule has 0 N–H and O–H groups in total. The van der Waals surface area contributed by atoms with Crippen molar-refractivity contribution in [1.82, 2.24) is 14.8 Å². The second-order valence-corrected chi connectivity index (χ2v) is 9.05. The van der Waals surface area contributed by atoms with Crippen LogP contribution in [0.1, 0.15) is 49.6 Å². The second-order valence-electron chi connectivity index (χ2n) is 9.05. The summed E-state index contributed by atoms with van der Waals surface area (Å²) in [4.78, 5) is 35.5. The van der Waals surface area contributed by atoms with Crippen molar-refractivity contribution in [3.05, 3.63) is 41.6 Å². The minimum atomic E-state index is -0.166. The van der Waals surface area contributed by atoms with Crippen LogP contribution in [0.15, 0.2) is 28.9 Å². The van der Waals surface area contributed by atoms with E-state index >= 15 is 0 Å². The van der Waals surface area contributed by atoms with E-state index in [9.17, 15) is 9.59 Å². The molecule has 1 saturated heterocycles. The molecule has 2 aliphatic rings. The van der Waals surface area contributed by atoms with Crippen LogP contribution in [0, 0.1) is 0 Å². The van der Waals surface area contributed by atoms with Gasteiger partial charge < -0.3 is 19.0 Å². The van der Waals surface area contributed by atoms with Crippen molar-refractivity contribution in [2.75, 3.05) is 44.2 Å². The Balaban J connectivity index is 1.51. The molecular weight excluding hydrogens is 396 g/mol. The Bertz CT molecular complexity index is 970. The highest BCUT2D eigenvalue weighted by molar-refractivity contribution is 5.98. The number of hydrogen-bond acceptors (Lipinski definition) is 6. The van der Waals surface area contributed by atoms with Crippen LogP contribution in [0.4, 0.5) is 5.69 Å². The molecule has 2 amide bonds. The zero-order valence-electron chi connectivity index (χ0n) is 18.7. The van der Waals surface area contributed by atoms with Crippen LogP contribution in [0.2, 0.25) is 0 Å². The van der Waals surface area contributed by atoms with Gasteiger partial charge in [0.05, 0.1) is 5.69 Å². The molecule has 0 radical (unpaired) electrons. The molecule has 1 aromatic carbocycles. The van der Waals surface area contributed by atoms with Crippen LogP contribution in [-0.2, 0) is 16.8 Å². The summed E-state index contributed by atoms with van der Waals surface area (Å²) in [5.41, 5.74) is 2.02. The number of ether oxygens (including phenoxy) is 1. The smallest absolute Gasteiger partial charge is 0.275 e. The monoisotopic (exact) mass is 426 g/mol. The molecule has 0 bridgehead atoms. The molecule has 8 heteroatoms. The molecule has 2 aliphatic heterocycles. The minimum Gasteiger partial charge on any atom is -0.482 e.